The van der Waals surface area contributed by atoms with E-state index in [4.69, 9.17) is 5.26 Å². The standard InChI is InChI=1S/C9H5N2S.Zn/c10-7-12-9(11)6-8-4-2-1-3-5-8;/h1-4,6H;/q-1;/b9-6+;. The molecule has 0 aliphatic carbocycles. The molecule has 0 aliphatic heterocycles. The van der Waals surface area contributed by atoms with E-state index in [1.54, 1.807) is 0 Å². The second-order valence-corrected chi connectivity index (χ2v) is 3.62. The first-order chi connectivity index (χ1) is 6.36. The summed E-state index contributed by atoms with van der Waals surface area (Å²) in [6, 6.07) is 10.7. The van der Waals surface area contributed by atoms with Crippen molar-refractivity contribution in [3.63, 3.8) is 0 Å². The van der Waals surface area contributed by atoms with Gasteiger partial charge < -0.3 is 0 Å². The van der Waals surface area contributed by atoms with Crippen LogP contribution < -0.4 is 0 Å². The van der Waals surface area contributed by atoms with Crippen molar-refractivity contribution in [3.8, 4) is 5.40 Å². The Bertz CT molecular complexity index is 354. The molecule has 0 fully saturated rings. The zero-order chi connectivity index (χ0) is 9.52. The summed E-state index contributed by atoms with van der Waals surface area (Å²) >= 11 is 1.90. The van der Waals surface area contributed by atoms with Gasteiger partial charge in [-0.1, -0.05) is 0 Å². The van der Waals surface area contributed by atoms with E-state index in [2.05, 4.69) is 9.75 Å². The summed E-state index contributed by atoms with van der Waals surface area (Å²) in [5.74, 6) is 0. The topological polar surface area (TPSA) is 36.1 Å². The van der Waals surface area contributed by atoms with Crippen LogP contribution in [0.3, 0.4) is 0 Å². The van der Waals surface area contributed by atoms with Crippen molar-refractivity contribution in [2.75, 3.05) is 0 Å². The second kappa shape index (κ2) is 5.80. The first-order valence-corrected chi connectivity index (χ1v) is 5.72. The molecule has 0 unspecified atom stereocenters. The van der Waals surface area contributed by atoms with Crippen molar-refractivity contribution < 1.29 is 18.1 Å². The third-order valence-corrected chi connectivity index (χ3v) is 3.06. The molecule has 0 saturated heterocycles. The molecule has 0 amide bonds. The predicted molar refractivity (Wildman–Crippen MR) is 48.9 cm³/mol. The quantitative estimate of drug-likeness (QED) is 0.461. The molecule has 4 heteroatoms. The summed E-state index contributed by atoms with van der Waals surface area (Å²) in [6.07, 6.45) is 1.86. The van der Waals surface area contributed by atoms with Crippen molar-refractivity contribution >= 4 is 17.8 Å². The van der Waals surface area contributed by atoms with Crippen LogP contribution in [0.4, 0.5) is 0 Å². The Kier molecular flexibility index (Phi) is 4.60. The van der Waals surface area contributed by atoms with Gasteiger partial charge in [0.15, 0.2) is 0 Å². The fourth-order valence-electron chi connectivity index (χ4n) is 0.784. The molecule has 0 bridgehead atoms. The molecule has 0 aromatic heterocycles. The minimum absolute atomic E-state index is 0.755. The van der Waals surface area contributed by atoms with E-state index in [0.717, 1.165) is 40.5 Å². The fraction of sp³-hybridized carbons (Fsp3) is 0. The minimum atomic E-state index is 0.755. The van der Waals surface area contributed by atoms with Gasteiger partial charge in [-0.2, -0.15) is 0 Å². The van der Waals surface area contributed by atoms with Gasteiger partial charge in [-0.3, -0.25) is 0 Å². The number of thioether (sulfide) groups is 1. The molecule has 0 saturated carbocycles. The predicted octanol–water partition coefficient (Wildman–Crippen LogP) is 2.73. The van der Waals surface area contributed by atoms with Crippen molar-refractivity contribution in [1.29, 1.82) is 5.26 Å². The van der Waals surface area contributed by atoms with Gasteiger partial charge in [0.25, 0.3) is 0 Å². The van der Waals surface area contributed by atoms with E-state index in [1.807, 2.05) is 35.7 Å². The van der Waals surface area contributed by atoms with E-state index in [-0.39, 0.29) is 0 Å². The molecule has 60 valence electrons. The molecule has 1 rings (SSSR count). The van der Waals surface area contributed by atoms with Gasteiger partial charge in [0.05, 0.1) is 0 Å². The molecule has 0 heterocycles. The SMILES string of the molecule is N#CS/C(=C/c1[c-]cccc1)[N]=[Zn]. The van der Waals surface area contributed by atoms with Crippen LogP contribution in [0.1, 0.15) is 5.56 Å². The maximum atomic E-state index is 8.46. The molecule has 0 aliphatic rings. The maximum absolute atomic E-state index is 8.46. The van der Waals surface area contributed by atoms with Gasteiger partial charge in [0.2, 0.25) is 0 Å². The Morgan fingerprint density at radius 3 is 3.08 bits per heavy atom. The van der Waals surface area contributed by atoms with Crippen molar-refractivity contribution in [1.82, 2.24) is 0 Å². The Morgan fingerprint density at radius 2 is 2.54 bits per heavy atom. The van der Waals surface area contributed by atoms with Crippen molar-refractivity contribution in [2.24, 2.45) is 3.68 Å². The molecule has 0 radical (unpaired) electrons. The van der Waals surface area contributed by atoms with Gasteiger partial charge >= 0.3 is 91.2 Å². The number of hydrogen-bond acceptors (Lipinski definition) is 3. The van der Waals surface area contributed by atoms with Crippen LogP contribution in [0.2, 0.25) is 0 Å². The van der Waals surface area contributed by atoms with E-state index >= 15 is 0 Å². The fourth-order valence-corrected chi connectivity index (χ4v) is 1.73. The van der Waals surface area contributed by atoms with Crippen LogP contribution in [-0.2, 0) is 18.1 Å². The number of rotatable bonds is 3. The molecule has 2 nitrogen and oxygen atoms in total. The Labute approximate surface area is 91.2 Å². The van der Waals surface area contributed by atoms with Gasteiger partial charge in [-0.15, -0.1) is 0 Å². The van der Waals surface area contributed by atoms with Crippen LogP contribution >= 0.6 is 11.8 Å². The van der Waals surface area contributed by atoms with Gasteiger partial charge in [0.1, 0.15) is 0 Å². The van der Waals surface area contributed by atoms with E-state index in [0.29, 0.717) is 0 Å². The first-order valence-electron chi connectivity index (χ1n) is 3.58. The molecular weight excluding hydrogens is 234 g/mol. The van der Waals surface area contributed by atoms with Crippen molar-refractivity contribution in [3.05, 3.63) is 40.9 Å². The first kappa shape index (κ1) is 10.3. The molecule has 0 atom stereocenters. The number of benzene rings is 1. The Morgan fingerprint density at radius 1 is 1.69 bits per heavy atom. The summed E-state index contributed by atoms with van der Waals surface area (Å²) in [4.78, 5) is 0. The average Bonchev–Trinajstić information content (AvgIpc) is 2.19. The van der Waals surface area contributed by atoms with Crippen LogP contribution in [0.15, 0.2) is 33.0 Å². The molecular formula is C9H5N2SZn-. The van der Waals surface area contributed by atoms with Crippen LogP contribution in [0.5, 0.6) is 0 Å². The monoisotopic (exact) mass is 237 g/mol. The molecule has 0 spiro atoms. The van der Waals surface area contributed by atoms with Crippen LogP contribution in [0, 0.1) is 16.7 Å². The Hall–Kier alpha value is -0.777. The second-order valence-electron chi connectivity index (χ2n) is 2.15. The number of nitrogens with zero attached hydrogens (tertiary/aromatic N) is 2. The van der Waals surface area contributed by atoms with E-state index in [9.17, 15) is 0 Å². The molecule has 1 aromatic rings. The summed E-state index contributed by atoms with van der Waals surface area (Å²) in [5, 5.41) is 11.2. The summed E-state index contributed by atoms with van der Waals surface area (Å²) < 4.78 is 4.08. The number of thiocyanates is 1. The van der Waals surface area contributed by atoms with Gasteiger partial charge in [0, 0.05) is 0 Å². The zero-order valence-corrected chi connectivity index (χ0v) is 10.7. The van der Waals surface area contributed by atoms with Gasteiger partial charge in [-0.05, 0) is 0 Å². The van der Waals surface area contributed by atoms with Crippen molar-refractivity contribution in [2.45, 2.75) is 0 Å². The normalized spacial score (nSPS) is 10.7. The molecule has 1 aromatic carbocycles. The van der Waals surface area contributed by atoms with E-state index in [1.165, 1.54) is 0 Å². The molecule has 13 heavy (non-hydrogen) atoms. The van der Waals surface area contributed by atoms with Crippen LogP contribution in [0.25, 0.3) is 6.08 Å². The average molecular weight is 239 g/mol. The summed E-state index contributed by atoms with van der Waals surface area (Å²) in [5.41, 5.74) is 0.956. The molecule has 0 N–H and O–H groups in total. The van der Waals surface area contributed by atoms with E-state index < -0.39 is 0 Å². The third-order valence-electron chi connectivity index (χ3n) is 1.32. The number of nitriles is 1. The Balaban J connectivity index is 2.86. The zero-order valence-electron chi connectivity index (χ0n) is 6.90. The van der Waals surface area contributed by atoms with Gasteiger partial charge in [-0.25, -0.2) is 0 Å². The summed E-state index contributed by atoms with van der Waals surface area (Å²) in [6.45, 7) is 0. The third kappa shape index (κ3) is 3.63. The van der Waals surface area contributed by atoms with Crippen LogP contribution in [-0.4, -0.2) is 0 Å². The number of hydrogen-bond donors (Lipinski definition) is 0. The summed E-state index contributed by atoms with van der Waals surface area (Å²) in [7, 11) is 0.